The number of hydrogen-bond donors (Lipinski definition) is 1. The van der Waals surface area contributed by atoms with Crippen LogP contribution >= 0.6 is 0 Å². The number of nitrogens with one attached hydrogen (secondary N) is 1. The lowest BCUT2D eigenvalue weighted by Gasteiger charge is -2.16. The summed E-state index contributed by atoms with van der Waals surface area (Å²) in [5.74, 6) is 0.766. The molecule has 1 unspecified atom stereocenters. The summed E-state index contributed by atoms with van der Waals surface area (Å²) >= 11 is 0. The summed E-state index contributed by atoms with van der Waals surface area (Å²) in [6, 6.07) is 0.599. The van der Waals surface area contributed by atoms with Crippen LogP contribution < -0.4 is 5.32 Å². The minimum absolute atomic E-state index is 0.599. The summed E-state index contributed by atoms with van der Waals surface area (Å²) in [7, 11) is 4.12. The van der Waals surface area contributed by atoms with Gasteiger partial charge in [-0.2, -0.15) is 0 Å². The monoisotopic (exact) mass is 216 g/mol. The van der Waals surface area contributed by atoms with E-state index in [1.165, 1.54) is 6.42 Å². The molecule has 0 aliphatic carbocycles. The Labute approximate surface area is 95.2 Å². The van der Waals surface area contributed by atoms with Crippen LogP contribution in [-0.2, 0) is 4.74 Å². The number of hydrogen-bond acceptors (Lipinski definition) is 3. The number of rotatable bonds is 9. The summed E-state index contributed by atoms with van der Waals surface area (Å²) in [6.07, 6.45) is 1.23. The van der Waals surface area contributed by atoms with Crippen molar-refractivity contribution in [3.05, 3.63) is 0 Å². The summed E-state index contributed by atoms with van der Waals surface area (Å²) in [4.78, 5) is 2.13. The second-order valence-electron chi connectivity index (χ2n) is 4.90. The van der Waals surface area contributed by atoms with E-state index in [9.17, 15) is 0 Å². The molecule has 0 fully saturated rings. The minimum Gasteiger partial charge on any atom is -0.379 e. The highest BCUT2D eigenvalue weighted by Crippen LogP contribution is 2.02. The topological polar surface area (TPSA) is 24.5 Å². The van der Waals surface area contributed by atoms with Crippen molar-refractivity contribution in [3.63, 3.8) is 0 Å². The van der Waals surface area contributed by atoms with Gasteiger partial charge < -0.3 is 15.0 Å². The third-order valence-corrected chi connectivity index (χ3v) is 2.25. The van der Waals surface area contributed by atoms with Crippen LogP contribution in [0.5, 0.6) is 0 Å². The first-order valence-corrected chi connectivity index (χ1v) is 5.98. The first-order valence-electron chi connectivity index (χ1n) is 5.98. The normalized spacial score (nSPS) is 13.8. The van der Waals surface area contributed by atoms with Crippen LogP contribution in [0.1, 0.15) is 27.2 Å². The van der Waals surface area contributed by atoms with Gasteiger partial charge in [0.1, 0.15) is 0 Å². The Hall–Kier alpha value is -0.120. The van der Waals surface area contributed by atoms with Crippen molar-refractivity contribution in [1.82, 2.24) is 10.2 Å². The second kappa shape index (κ2) is 9.13. The van der Waals surface area contributed by atoms with Crippen molar-refractivity contribution in [2.45, 2.75) is 33.2 Å². The molecule has 0 amide bonds. The van der Waals surface area contributed by atoms with Gasteiger partial charge >= 0.3 is 0 Å². The SMILES string of the molecule is CC(C)CC(C)NCCOCCN(C)C. The molecule has 3 heteroatoms. The Morgan fingerprint density at radius 1 is 1.13 bits per heavy atom. The van der Waals surface area contributed by atoms with Crippen molar-refractivity contribution in [2.24, 2.45) is 5.92 Å². The lowest BCUT2D eigenvalue weighted by atomic mass is 10.1. The third-order valence-electron chi connectivity index (χ3n) is 2.25. The van der Waals surface area contributed by atoms with Crippen molar-refractivity contribution in [1.29, 1.82) is 0 Å². The van der Waals surface area contributed by atoms with Crippen molar-refractivity contribution in [3.8, 4) is 0 Å². The van der Waals surface area contributed by atoms with E-state index in [1.807, 2.05) is 0 Å². The zero-order valence-corrected chi connectivity index (χ0v) is 11.0. The van der Waals surface area contributed by atoms with Gasteiger partial charge in [-0.3, -0.25) is 0 Å². The average Bonchev–Trinajstić information content (AvgIpc) is 2.09. The van der Waals surface area contributed by atoms with Crippen molar-refractivity contribution >= 4 is 0 Å². The third kappa shape index (κ3) is 11.8. The molecule has 0 aliphatic heterocycles. The predicted octanol–water partition coefficient (Wildman–Crippen LogP) is 1.59. The summed E-state index contributed by atoms with van der Waals surface area (Å²) in [5.41, 5.74) is 0. The maximum atomic E-state index is 5.50. The fraction of sp³-hybridized carbons (Fsp3) is 1.00. The highest BCUT2D eigenvalue weighted by molar-refractivity contribution is 4.62. The summed E-state index contributed by atoms with van der Waals surface area (Å²) in [6.45, 7) is 10.4. The Morgan fingerprint density at radius 2 is 1.80 bits per heavy atom. The van der Waals surface area contributed by atoms with E-state index in [0.29, 0.717) is 6.04 Å². The van der Waals surface area contributed by atoms with Gasteiger partial charge in [0.05, 0.1) is 13.2 Å². The van der Waals surface area contributed by atoms with Crippen LogP contribution in [0.3, 0.4) is 0 Å². The van der Waals surface area contributed by atoms with Gasteiger partial charge in [-0.05, 0) is 33.4 Å². The van der Waals surface area contributed by atoms with Gasteiger partial charge in [0.2, 0.25) is 0 Å². The average molecular weight is 216 g/mol. The van der Waals surface area contributed by atoms with E-state index in [4.69, 9.17) is 4.74 Å². The summed E-state index contributed by atoms with van der Waals surface area (Å²) in [5, 5.41) is 3.46. The van der Waals surface area contributed by atoms with E-state index >= 15 is 0 Å². The lowest BCUT2D eigenvalue weighted by Crippen LogP contribution is -2.31. The first kappa shape index (κ1) is 14.9. The molecule has 15 heavy (non-hydrogen) atoms. The highest BCUT2D eigenvalue weighted by atomic mass is 16.5. The Kier molecular flexibility index (Phi) is 9.06. The Bertz CT molecular complexity index is 138. The Morgan fingerprint density at radius 3 is 2.33 bits per heavy atom. The molecule has 0 rings (SSSR count). The molecule has 92 valence electrons. The first-order chi connectivity index (χ1) is 7.02. The molecule has 0 aliphatic rings. The molecule has 0 radical (unpaired) electrons. The smallest absolute Gasteiger partial charge is 0.0593 e. The predicted molar refractivity (Wildman–Crippen MR) is 66.3 cm³/mol. The largest absolute Gasteiger partial charge is 0.379 e. The van der Waals surface area contributed by atoms with Crippen LogP contribution in [0.15, 0.2) is 0 Å². The van der Waals surface area contributed by atoms with Gasteiger partial charge in [0.15, 0.2) is 0 Å². The second-order valence-corrected chi connectivity index (χ2v) is 4.90. The minimum atomic E-state index is 0.599. The molecule has 0 saturated heterocycles. The maximum absolute atomic E-state index is 5.50. The molecule has 0 aromatic carbocycles. The van der Waals surface area contributed by atoms with E-state index in [2.05, 4.69) is 45.1 Å². The molecule has 0 saturated carbocycles. The molecule has 0 aromatic rings. The zero-order chi connectivity index (χ0) is 11.7. The maximum Gasteiger partial charge on any atom is 0.0593 e. The molecule has 0 heterocycles. The van der Waals surface area contributed by atoms with E-state index in [1.54, 1.807) is 0 Å². The molecule has 0 spiro atoms. The van der Waals surface area contributed by atoms with Crippen LogP contribution in [-0.4, -0.2) is 51.3 Å². The molecular weight excluding hydrogens is 188 g/mol. The van der Waals surface area contributed by atoms with E-state index in [-0.39, 0.29) is 0 Å². The summed E-state index contributed by atoms with van der Waals surface area (Å²) < 4.78 is 5.50. The van der Waals surface area contributed by atoms with Gasteiger partial charge in [-0.25, -0.2) is 0 Å². The van der Waals surface area contributed by atoms with Crippen molar-refractivity contribution < 1.29 is 4.74 Å². The highest BCUT2D eigenvalue weighted by Gasteiger charge is 2.03. The Balaban J connectivity index is 3.16. The standard InChI is InChI=1S/C12H28N2O/c1-11(2)10-12(3)13-6-8-15-9-7-14(4)5/h11-13H,6-10H2,1-5H3. The molecule has 3 nitrogen and oxygen atoms in total. The van der Waals surface area contributed by atoms with Crippen molar-refractivity contribution in [2.75, 3.05) is 40.4 Å². The lowest BCUT2D eigenvalue weighted by molar-refractivity contribution is 0.117. The fourth-order valence-corrected chi connectivity index (χ4v) is 1.52. The van der Waals surface area contributed by atoms with E-state index in [0.717, 1.165) is 32.2 Å². The molecule has 1 N–H and O–H groups in total. The quantitative estimate of drug-likeness (QED) is 0.592. The fourth-order valence-electron chi connectivity index (χ4n) is 1.52. The van der Waals surface area contributed by atoms with Crippen LogP contribution in [0.25, 0.3) is 0 Å². The molecule has 0 aromatic heterocycles. The van der Waals surface area contributed by atoms with Crippen LogP contribution in [0.4, 0.5) is 0 Å². The zero-order valence-electron chi connectivity index (χ0n) is 11.0. The number of nitrogens with zero attached hydrogens (tertiary/aromatic N) is 1. The molecule has 1 atom stereocenters. The number of likely N-dealkylation sites (N-methyl/N-ethyl adjacent to an activating group) is 1. The van der Waals surface area contributed by atoms with Crippen LogP contribution in [0.2, 0.25) is 0 Å². The van der Waals surface area contributed by atoms with Gasteiger partial charge in [0, 0.05) is 19.1 Å². The van der Waals surface area contributed by atoms with Crippen LogP contribution in [0, 0.1) is 5.92 Å². The van der Waals surface area contributed by atoms with Gasteiger partial charge in [-0.1, -0.05) is 13.8 Å². The number of ether oxygens (including phenoxy) is 1. The molecule has 0 bridgehead atoms. The van der Waals surface area contributed by atoms with E-state index < -0.39 is 0 Å². The van der Waals surface area contributed by atoms with Gasteiger partial charge in [-0.15, -0.1) is 0 Å². The van der Waals surface area contributed by atoms with Gasteiger partial charge in [0.25, 0.3) is 0 Å². The molecular formula is C12H28N2O.